The number of methoxy groups -OCH3 is 1. The zero-order chi connectivity index (χ0) is 15.0. The van der Waals surface area contributed by atoms with Gasteiger partial charge in [-0.05, 0) is 17.7 Å². The average molecular weight is 335 g/mol. The third-order valence-corrected chi connectivity index (χ3v) is 3.34. The summed E-state index contributed by atoms with van der Waals surface area (Å²) in [7, 11) is 1.63. The van der Waals surface area contributed by atoms with E-state index < -0.39 is 0 Å². The van der Waals surface area contributed by atoms with Crippen LogP contribution < -0.4 is 10.6 Å². The monoisotopic (exact) mass is 334 g/mol. The van der Waals surface area contributed by atoms with Gasteiger partial charge in [0.2, 0.25) is 5.91 Å². The van der Waals surface area contributed by atoms with Gasteiger partial charge in [0.25, 0.3) is 0 Å². The smallest absolute Gasteiger partial charge is 0.233 e. The van der Waals surface area contributed by atoms with E-state index in [9.17, 15) is 4.79 Å². The van der Waals surface area contributed by atoms with Crippen LogP contribution in [0.5, 0.6) is 0 Å². The lowest BCUT2D eigenvalue weighted by molar-refractivity contribution is -0.120. The Morgan fingerprint density at radius 1 is 1.38 bits per heavy atom. The minimum absolute atomic E-state index is 0. The molecule has 4 nitrogen and oxygen atoms in total. The highest BCUT2D eigenvalue weighted by molar-refractivity contribution is 6.30. The molecule has 0 saturated carbocycles. The molecule has 0 fully saturated rings. The van der Waals surface area contributed by atoms with Crippen molar-refractivity contribution in [1.29, 1.82) is 0 Å². The first-order valence-corrected chi connectivity index (χ1v) is 7.06. The van der Waals surface area contributed by atoms with Crippen molar-refractivity contribution >= 4 is 29.9 Å². The van der Waals surface area contributed by atoms with Crippen LogP contribution in [0, 0.1) is 0 Å². The Bertz CT molecular complexity index is 439. The van der Waals surface area contributed by atoms with Crippen LogP contribution in [0.1, 0.15) is 19.4 Å². The van der Waals surface area contributed by atoms with Gasteiger partial charge in [0.05, 0.1) is 13.2 Å². The quantitative estimate of drug-likeness (QED) is 0.717. The second-order valence-corrected chi connectivity index (χ2v) is 5.78. The Balaban J connectivity index is 0.00000400. The fourth-order valence-corrected chi connectivity index (χ4v) is 1.96. The summed E-state index contributed by atoms with van der Waals surface area (Å²) in [5.41, 5.74) is 0.949. The Morgan fingerprint density at radius 3 is 2.71 bits per heavy atom. The minimum atomic E-state index is -0.160. The molecule has 0 aromatic heterocycles. The first-order valence-electron chi connectivity index (χ1n) is 6.68. The van der Waals surface area contributed by atoms with Crippen LogP contribution in [-0.4, -0.2) is 39.3 Å². The summed E-state index contributed by atoms with van der Waals surface area (Å²) < 4.78 is 4.90. The Morgan fingerprint density at radius 2 is 2.10 bits per heavy atom. The predicted octanol–water partition coefficient (Wildman–Crippen LogP) is 2.39. The highest BCUT2D eigenvalue weighted by Crippen LogP contribution is 2.24. The number of ether oxygens (including phenoxy) is 1. The van der Waals surface area contributed by atoms with Crippen LogP contribution in [0.25, 0.3) is 0 Å². The van der Waals surface area contributed by atoms with Gasteiger partial charge in [-0.15, -0.1) is 12.4 Å². The van der Waals surface area contributed by atoms with E-state index in [1.165, 1.54) is 0 Å². The third kappa shape index (κ3) is 7.67. The van der Waals surface area contributed by atoms with E-state index >= 15 is 0 Å². The summed E-state index contributed by atoms with van der Waals surface area (Å²) in [6.07, 6.45) is 0. The van der Waals surface area contributed by atoms with Crippen molar-refractivity contribution in [2.75, 3.05) is 33.4 Å². The number of halogens is 2. The molecule has 0 aliphatic carbocycles. The molecule has 1 aromatic rings. The molecule has 1 aromatic carbocycles. The van der Waals surface area contributed by atoms with E-state index in [1.807, 2.05) is 24.3 Å². The Hall–Kier alpha value is -0.810. The lowest BCUT2D eigenvalue weighted by Gasteiger charge is -2.26. The van der Waals surface area contributed by atoms with Gasteiger partial charge >= 0.3 is 0 Å². The summed E-state index contributed by atoms with van der Waals surface area (Å²) in [6.45, 7) is 6.30. The molecule has 0 saturated heterocycles. The highest BCUT2D eigenvalue weighted by atomic mass is 35.5. The molecule has 6 heteroatoms. The number of nitrogens with one attached hydrogen (secondary N) is 2. The maximum atomic E-state index is 11.7. The maximum absolute atomic E-state index is 11.7. The maximum Gasteiger partial charge on any atom is 0.233 e. The summed E-state index contributed by atoms with van der Waals surface area (Å²) in [5, 5.41) is 6.66. The van der Waals surface area contributed by atoms with E-state index in [0.717, 1.165) is 5.56 Å². The largest absolute Gasteiger partial charge is 0.383 e. The van der Waals surface area contributed by atoms with Crippen molar-refractivity contribution in [2.24, 2.45) is 0 Å². The van der Waals surface area contributed by atoms with Crippen molar-refractivity contribution < 1.29 is 9.53 Å². The molecule has 21 heavy (non-hydrogen) atoms. The second-order valence-electron chi connectivity index (χ2n) is 5.34. The SMILES string of the molecule is COCCNCC(=O)NCC(C)(C)c1cccc(Cl)c1.Cl. The first kappa shape index (κ1) is 20.2. The van der Waals surface area contributed by atoms with E-state index in [0.29, 0.717) is 31.3 Å². The molecule has 1 rings (SSSR count). The molecule has 0 bridgehead atoms. The van der Waals surface area contributed by atoms with Crippen molar-refractivity contribution in [3.8, 4) is 0 Å². The van der Waals surface area contributed by atoms with Crippen molar-refractivity contribution in [3.63, 3.8) is 0 Å². The molecule has 0 atom stereocenters. The van der Waals surface area contributed by atoms with Gasteiger partial charge in [0, 0.05) is 30.6 Å². The molecular weight excluding hydrogens is 311 g/mol. The molecule has 120 valence electrons. The van der Waals surface area contributed by atoms with Crippen LogP contribution in [0.4, 0.5) is 0 Å². The summed E-state index contributed by atoms with van der Waals surface area (Å²) >= 11 is 6.00. The minimum Gasteiger partial charge on any atom is -0.383 e. The fraction of sp³-hybridized carbons (Fsp3) is 0.533. The number of hydrogen-bond acceptors (Lipinski definition) is 3. The van der Waals surface area contributed by atoms with Crippen LogP contribution in [0.2, 0.25) is 5.02 Å². The zero-order valence-electron chi connectivity index (χ0n) is 12.7. The molecule has 0 aliphatic rings. The lowest BCUT2D eigenvalue weighted by atomic mass is 9.84. The van der Waals surface area contributed by atoms with Crippen LogP contribution >= 0.6 is 24.0 Å². The zero-order valence-corrected chi connectivity index (χ0v) is 14.3. The molecule has 0 radical (unpaired) electrons. The van der Waals surface area contributed by atoms with Crippen molar-refractivity contribution in [2.45, 2.75) is 19.3 Å². The van der Waals surface area contributed by atoms with E-state index in [2.05, 4.69) is 24.5 Å². The van der Waals surface area contributed by atoms with Gasteiger partial charge in [-0.2, -0.15) is 0 Å². The topological polar surface area (TPSA) is 50.4 Å². The molecule has 2 N–H and O–H groups in total. The van der Waals surface area contributed by atoms with Gasteiger partial charge in [0.1, 0.15) is 0 Å². The number of benzene rings is 1. The lowest BCUT2D eigenvalue weighted by Crippen LogP contribution is -2.41. The standard InChI is InChI=1S/C15H23ClN2O2.ClH/c1-15(2,12-5-4-6-13(16)9-12)11-18-14(19)10-17-7-8-20-3;/h4-6,9,17H,7-8,10-11H2,1-3H3,(H,18,19);1H. The number of hydrogen-bond donors (Lipinski definition) is 2. The van der Waals surface area contributed by atoms with Gasteiger partial charge < -0.3 is 15.4 Å². The van der Waals surface area contributed by atoms with E-state index in [4.69, 9.17) is 16.3 Å². The molecular formula is C15H24Cl2N2O2. The molecule has 0 heterocycles. The van der Waals surface area contributed by atoms with Crippen LogP contribution in [-0.2, 0) is 14.9 Å². The van der Waals surface area contributed by atoms with Gasteiger partial charge in [0.15, 0.2) is 0 Å². The van der Waals surface area contributed by atoms with E-state index in [-0.39, 0.29) is 23.7 Å². The fourth-order valence-electron chi connectivity index (χ4n) is 1.77. The number of carbonyl (C=O) groups excluding carboxylic acids is 1. The van der Waals surface area contributed by atoms with Crippen LogP contribution in [0.3, 0.4) is 0 Å². The Kier molecular flexibility index (Phi) is 9.62. The third-order valence-electron chi connectivity index (χ3n) is 3.10. The number of carbonyl (C=O) groups is 1. The number of amides is 1. The van der Waals surface area contributed by atoms with Gasteiger partial charge in [-0.1, -0.05) is 37.6 Å². The predicted molar refractivity (Wildman–Crippen MR) is 89.5 cm³/mol. The highest BCUT2D eigenvalue weighted by Gasteiger charge is 2.21. The van der Waals surface area contributed by atoms with Crippen molar-refractivity contribution in [3.05, 3.63) is 34.9 Å². The average Bonchev–Trinajstić information content (AvgIpc) is 2.41. The van der Waals surface area contributed by atoms with Gasteiger partial charge in [-0.3, -0.25) is 4.79 Å². The molecule has 0 aliphatic heterocycles. The summed E-state index contributed by atoms with van der Waals surface area (Å²) in [6, 6.07) is 7.73. The van der Waals surface area contributed by atoms with Crippen molar-refractivity contribution in [1.82, 2.24) is 10.6 Å². The molecule has 1 amide bonds. The normalized spacial score (nSPS) is 10.9. The van der Waals surface area contributed by atoms with E-state index in [1.54, 1.807) is 7.11 Å². The van der Waals surface area contributed by atoms with Gasteiger partial charge in [-0.25, -0.2) is 0 Å². The summed E-state index contributed by atoms with van der Waals surface area (Å²) in [5.74, 6) is -0.0174. The summed E-state index contributed by atoms with van der Waals surface area (Å²) in [4.78, 5) is 11.7. The first-order chi connectivity index (χ1) is 9.45. The second kappa shape index (κ2) is 10.0. The number of rotatable bonds is 8. The van der Waals surface area contributed by atoms with Crippen LogP contribution in [0.15, 0.2) is 24.3 Å². The Labute approximate surface area is 138 Å². The molecule has 0 spiro atoms. The molecule has 0 unspecified atom stereocenters.